The first-order valence-corrected chi connectivity index (χ1v) is 9.89. The fourth-order valence-electron chi connectivity index (χ4n) is 2.25. The Bertz CT molecular complexity index is 810. The van der Waals surface area contributed by atoms with Gasteiger partial charge in [0.1, 0.15) is 18.5 Å². The number of nitrogens with two attached hydrogens (primary N) is 1. The molecule has 0 amide bonds. The lowest BCUT2D eigenvalue weighted by molar-refractivity contribution is -0.241. The minimum absolute atomic E-state index is 0.0455. The molecule has 4 atom stereocenters. The molecule has 1 aromatic heterocycles. The Balaban J connectivity index is 2.16. The average molecular weight is 417 g/mol. The van der Waals surface area contributed by atoms with Gasteiger partial charge in [-0.2, -0.15) is 9.29 Å². The molecule has 14 nitrogen and oxygen atoms in total. The number of methoxy groups -OCH3 is 1. The van der Waals surface area contributed by atoms with Crippen molar-refractivity contribution in [3.63, 3.8) is 0 Å². The first-order chi connectivity index (χ1) is 11.9. The van der Waals surface area contributed by atoms with Gasteiger partial charge in [0.2, 0.25) is 0 Å². The van der Waals surface area contributed by atoms with Crippen LogP contribution in [0.2, 0.25) is 0 Å². The fraction of sp³-hybridized carbons (Fsp3) is 0.600. The number of rotatable bonds is 7. The maximum absolute atomic E-state index is 11.9. The normalized spacial score (nSPS) is 28.8. The van der Waals surface area contributed by atoms with Crippen molar-refractivity contribution in [2.45, 2.75) is 24.5 Å². The molecule has 0 radical (unpaired) electrons. The topological polar surface area (TPSA) is 213 Å². The van der Waals surface area contributed by atoms with Gasteiger partial charge >= 0.3 is 21.3 Å². The molecular weight excluding hydrogens is 400 g/mol. The second kappa shape index (κ2) is 7.44. The summed E-state index contributed by atoms with van der Waals surface area (Å²) in [7, 11) is -9.32. The van der Waals surface area contributed by atoms with E-state index in [-0.39, 0.29) is 12.2 Å². The summed E-state index contributed by atoms with van der Waals surface area (Å²) in [5, 5.41) is 10.2. The van der Waals surface area contributed by atoms with Crippen LogP contribution in [0.15, 0.2) is 17.1 Å². The lowest BCUT2D eigenvalue weighted by Gasteiger charge is -2.28. The van der Waals surface area contributed by atoms with E-state index in [2.05, 4.69) is 13.8 Å². The highest BCUT2D eigenvalue weighted by molar-refractivity contribution is 7.60. The number of hydrogen-bond acceptors (Lipinski definition) is 10. The number of phosphoric ester groups is 1. The lowest BCUT2D eigenvalue weighted by atomic mass is 10.1. The van der Waals surface area contributed by atoms with Crippen LogP contribution in [0, 0.1) is 0 Å². The molecule has 1 aliphatic heterocycles. The van der Waals surface area contributed by atoms with Crippen molar-refractivity contribution < 1.29 is 47.2 Å². The van der Waals surface area contributed by atoms with Gasteiger partial charge in [0.05, 0.1) is 0 Å². The molecule has 16 heteroatoms. The predicted octanol–water partition coefficient (Wildman–Crippen LogP) is -1.33. The zero-order valence-corrected chi connectivity index (χ0v) is 15.0. The Morgan fingerprint density at radius 3 is 2.65 bits per heavy atom. The van der Waals surface area contributed by atoms with Gasteiger partial charge in [0.15, 0.2) is 12.0 Å². The van der Waals surface area contributed by atoms with Crippen LogP contribution in [-0.4, -0.2) is 54.9 Å². The van der Waals surface area contributed by atoms with Crippen LogP contribution in [-0.2, 0) is 27.4 Å². The van der Waals surface area contributed by atoms with Crippen LogP contribution in [0.5, 0.6) is 0 Å². The SMILES string of the molecule is COC1(COP(=O)(O)OP(=O)(O)O)CC(O)C(n2ccc(N)nc2=O)O1. The van der Waals surface area contributed by atoms with Gasteiger partial charge in [0, 0.05) is 19.7 Å². The first kappa shape index (κ1) is 21.1. The second-order valence-electron chi connectivity index (χ2n) is 5.25. The van der Waals surface area contributed by atoms with E-state index in [4.69, 9.17) is 25.0 Å². The number of aliphatic hydroxyl groups excluding tert-OH is 1. The molecule has 2 heterocycles. The molecule has 1 aliphatic rings. The Hall–Kier alpha value is -1.18. The molecule has 0 aliphatic carbocycles. The summed E-state index contributed by atoms with van der Waals surface area (Å²) in [4.78, 5) is 41.8. The van der Waals surface area contributed by atoms with Gasteiger partial charge < -0.3 is 35.0 Å². The molecule has 1 saturated heterocycles. The van der Waals surface area contributed by atoms with Crippen LogP contribution in [0.25, 0.3) is 0 Å². The lowest BCUT2D eigenvalue weighted by Crippen LogP contribution is -2.37. The molecule has 0 spiro atoms. The van der Waals surface area contributed by atoms with E-state index in [9.17, 15) is 23.9 Å². The highest BCUT2D eigenvalue weighted by Crippen LogP contribution is 2.58. The third-order valence-corrected chi connectivity index (χ3v) is 5.47. The smallest absolute Gasteiger partial charge is 0.388 e. The fourth-order valence-corrected chi connectivity index (χ4v) is 3.87. The Labute approximate surface area is 145 Å². The van der Waals surface area contributed by atoms with E-state index in [1.54, 1.807) is 0 Å². The monoisotopic (exact) mass is 417 g/mol. The number of phosphoric acid groups is 2. The maximum atomic E-state index is 11.9. The van der Waals surface area contributed by atoms with Gasteiger partial charge in [0.25, 0.3) is 0 Å². The summed E-state index contributed by atoms with van der Waals surface area (Å²) >= 11 is 0. The largest absolute Gasteiger partial charge is 0.481 e. The van der Waals surface area contributed by atoms with Gasteiger partial charge in [-0.15, -0.1) is 0 Å². The number of ether oxygens (including phenoxy) is 2. The molecule has 1 aromatic rings. The number of aliphatic hydroxyl groups is 1. The van der Waals surface area contributed by atoms with Gasteiger partial charge in [-0.1, -0.05) is 0 Å². The van der Waals surface area contributed by atoms with Crippen LogP contribution >= 0.6 is 15.6 Å². The summed E-state index contributed by atoms with van der Waals surface area (Å²) in [6.07, 6.45) is -1.66. The third kappa shape index (κ3) is 5.18. The van der Waals surface area contributed by atoms with Crippen LogP contribution in [0.3, 0.4) is 0 Å². The minimum Gasteiger partial charge on any atom is -0.388 e. The summed E-state index contributed by atoms with van der Waals surface area (Å²) in [6, 6.07) is 1.29. The van der Waals surface area contributed by atoms with Crippen molar-refractivity contribution in [3.05, 3.63) is 22.7 Å². The standard InChI is InChI=1S/C10H17N3O11P2/c1-21-10(5-22-26(19,20)24-25(16,17)18)4-6(14)8(23-10)13-3-2-7(11)12-9(13)15/h2-3,6,8,14H,4-5H2,1H3,(H,19,20)(H2,11,12,15)(H2,16,17,18). The van der Waals surface area contributed by atoms with Crippen molar-refractivity contribution in [3.8, 4) is 0 Å². The zero-order chi connectivity index (χ0) is 19.8. The second-order valence-corrected chi connectivity index (χ2v) is 8.08. The Morgan fingerprint density at radius 1 is 1.46 bits per heavy atom. The number of hydrogen-bond donors (Lipinski definition) is 5. The van der Waals surface area contributed by atoms with Crippen LogP contribution < -0.4 is 11.4 Å². The molecule has 4 unspecified atom stereocenters. The van der Waals surface area contributed by atoms with E-state index in [0.717, 1.165) is 11.7 Å². The number of anilines is 1. The number of nitrogens with zero attached hydrogens (tertiary/aromatic N) is 2. The van der Waals surface area contributed by atoms with E-state index in [0.29, 0.717) is 0 Å². The maximum Gasteiger partial charge on any atom is 0.481 e. The van der Waals surface area contributed by atoms with E-state index in [1.165, 1.54) is 12.3 Å². The van der Waals surface area contributed by atoms with Crippen molar-refractivity contribution >= 4 is 21.5 Å². The molecular formula is C10H17N3O11P2. The van der Waals surface area contributed by atoms with E-state index < -0.39 is 46.1 Å². The Morgan fingerprint density at radius 2 is 2.12 bits per heavy atom. The van der Waals surface area contributed by atoms with E-state index in [1.807, 2.05) is 0 Å². The highest BCUT2D eigenvalue weighted by atomic mass is 31.3. The van der Waals surface area contributed by atoms with Crippen molar-refractivity contribution in [2.75, 3.05) is 19.5 Å². The molecule has 148 valence electrons. The predicted molar refractivity (Wildman–Crippen MR) is 82.3 cm³/mol. The van der Waals surface area contributed by atoms with E-state index >= 15 is 0 Å². The first-order valence-electron chi connectivity index (χ1n) is 6.86. The van der Waals surface area contributed by atoms with Crippen molar-refractivity contribution in [1.29, 1.82) is 0 Å². The molecule has 0 saturated carbocycles. The summed E-state index contributed by atoms with van der Waals surface area (Å²) in [5.41, 5.74) is 4.56. The average Bonchev–Trinajstić information content (AvgIpc) is 2.81. The minimum atomic E-state index is -5.30. The number of aromatic nitrogens is 2. The zero-order valence-electron chi connectivity index (χ0n) is 13.2. The molecule has 26 heavy (non-hydrogen) atoms. The Kier molecular flexibility index (Phi) is 6.05. The van der Waals surface area contributed by atoms with Gasteiger partial charge in [-0.3, -0.25) is 9.09 Å². The summed E-state index contributed by atoms with van der Waals surface area (Å²) < 4.78 is 41.7. The highest BCUT2D eigenvalue weighted by Gasteiger charge is 2.49. The molecule has 1 fully saturated rings. The molecule has 0 bridgehead atoms. The van der Waals surface area contributed by atoms with Crippen LogP contribution in [0.1, 0.15) is 12.6 Å². The molecule has 2 rings (SSSR count). The molecule has 6 N–H and O–H groups in total. The van der Waals surface area contributed by atoms with Gasteiger partial charge in [-0.05, 0) is 6.07 Å². The van der Waals surface area contributed by atoms with Crippen LogP contribution in [0.4, 0.5) is 5.82 Å². The van der Waals surface area contributed by atoms with Crippen molar-refractivity contribution in [1.82, 2.24) is 9.55 Å². The van der Waals surface area contributed by atoms with Crippen molar-refractivity contribution in [2.24, 2.45) is 0 Å². The quantitative estimate of drug-likeness (QED) is 0.326. The number of nitrogen functional groups attached to an aromatic ring is 1. The van der Waals surface area contributed by atoms with Gasteiger partial charge in [-0.25, -0.2) is 13.9 Å². The summed E-state index contributed by atoms with van der Waals surface area (Å²) in [5.74, 6) is -1.85. The third-order valence-electron chi connectivity index (χ3n) is 3.34. The molecule has 0 aromatic carbocycles. The summed E-state index contributed by atoms with van der Waals surface area (Å²) in [6.45, 7) is -0.845.